The third kappa shape index (κ3) is 5.96. The average Bonchev–Trinajstić information content (AvgIpc) is 3.19. The Hall–Kier alpha value is -0.610. The maximum atomic E-state index is 11.9. The number of esters is 1. The summed E-state index contributed by atoms with van der Waals surface area (Å²) >= 11 is 0. The van der Waals surface area contributed by atoms with E-state index in [1.54, 1.807) is 14.2 Å². The van der Waals surface area contributed by atoms with Crippen LogP contribution >= 0.6 is 24.0 Å². The molecule has 1 N–H and O–H groups in total. The summed E-state index contributed by atoms with van der Waals surface area (Å²) < 4.78 is 10.1. The minimum absolute atomic E-state index is 0. The largest absolute Gasteiger partial charge is 0.469 e. The lowest BCUT2D eigenvalue weighted by Gasteiger charge is -2.27. The van der Waals surface area contributed by atoms with E-state index in [-0.39, 0.29) is 41.8 Å². The van der Waals surface area contributed by atoms with Gasteiger partial charge in [-0.2, -0.15) is 0 Å². The molecular formula is C17H33IN4O3. The molecule has 0 aliphatic carbocycles. The fourth-order valence-electron chi connectivity index (χ4n) is 3.77. The fraction of sp³-hybridized carbons (Fsp3) is 0.882. The van der Waals surface area contributed by atoms with Crippen LogP contribution in [0.15, 0.2) is 4.99 Å². The second-order valence-corrected chi connectivity index (χ2v) is 6.76. The van der Waals surface area contributed by atoms with Crippen molar-refractivity contribution in [2.24, 2.45) is 16.8 Å². The van der Waals surface area contributed by atoms with Crippen LogP contribution in [0.4, 0.5) is 0 Å². The van der Waals surface area contributed by atoms with Crippen LogP contribution in [0, 0.1) is 11.8 Å². The second-order valence-electron chi connectivity index (χ2n) is 6.76. The highest BCUT2D eigenvalue weighted by Crippen LogP contribution is 2.24. The Labute approximate surface area is 168 Å². The molecule has 2 rings (SSSR count). The highest BCUT2D eigenvalue weighted by atomic mass is 127. The van der Waals surface area contributed by atoms with Gasteiger partial charge in [0, 0.05) is 46.4 Å². The minimum Gasteiger partial charge on any atom is -0.469 e. The molecule has 3 unspecified atom stereocenters. The van der Waals surface area contributed by atoms with Crippen LogP contribution in [0.25, 0.3) is 0 Å². The van der Waals surface area contributed by atoms with Crippen LogP contribution < -0.4 is 5.32 Å². The zero-order chi connectivity index (χ0) is 17.5. The number of hydrogen-bond donors (Lipinski definition) is 1. The predicted octanol–water partition coefficient (Wildman–Crippen LogP) is 1.03. The van der Waals surface area contributed by atoms with E-state index in [2.05, 4.69) is 27.0 Å². The van der Waals surface area contributed by atoms with Crippen molar-refractivity contribution in [1.82, 2.24) is 15.1 Å². The summed E-state index contributed by atoms with van der Waals surface area (Å²) in [7, 11) is 5.01. The lowest BCUT2D eigenvalue weighted by Crippen LogP contribution is -2.46. The number of carbonyl (C=O) groups excluding carboxylic acids is 1. The number of halogens is 1. The minimum atomic E-state index is -0.123. The summed E-state index contributed by atoms with van der Waals surface area (Å²) in [6, 6.07) is 0.522. The van der Waals surface area contributed by atoms with Crippen LogP contribution in [0.5, 0.6) is 0 Å². The predicted molar refractivity (Wildman–Crippen MR) is 109 cm³/mol. The number of aliphatic imine (C=N–C) groups is 1. The summed E-state index contributed by atoms with van der Waals surface area (Å²) in [4.78, 5) is 20.9. The molecule has 3 atom stereocenters. The quantitative estimate of drug-likeness (QED) is 0.272. The molecule has 0 aromatic carbocycles. The zero-order valence-electron chi connectivity index (χ0n) is 15.9. The zero-order valence-corrected chi connectivity index (χ0v) is 18.2. The van der Waals surface area contributed by atoms with Crippen molar-refractivity contribution in [2.75, 3.05) is 60.6 Å². The van der Waals surface area contributed by atoms with E-state index in [4.69, 9.17) is 9.47 Å². The van der Waals surface area contributed by atoms with E-state index >= 15 is 0 Å². The van der Waals surface area contributed by atoms with Crippen LogP contribution in [0.1, 0.15) is 19.8 Å². The van der Waals surface area contributed by atoms with Crippen LogP contribution in [-0.2, 0) is 14.3 Å². The third-order valence-electron chi connectivity index (χ3n) is 5.21. The van der Waals surface area contributed by atoms with Gasteiger partial charge in [0.05, 0.1) is 19.6 Å². The third-order valence-corrected chi connectivity index (χ3v) is 5.21. The number of likely N-dealkylation sites (tertiary alicyclic amines) is 2. The Bertz CT molecular complexity index is 450. The number of ether oxygens (including phenoxy) is 2. The van der Waals surface area contributed by atoms with Crippen molar-refractivity contribution in [3.05, 3.63) is 0 Å². The number of nitrogens with one attached hydrogen (secondary N) is 1. The van der Waals surface area contributed by atoms with Crippen LogP contribution in [0.2, 0.25) is 0 Å². The molecule has 2 saturated heterocycles. The van der Waals surface area contributed by atoms with Gasteiger partial charge in [0.2, 0.25) is 0 Å². The van der Waals surface area contributed by atoms with Gasteiger partial charge < -0.3 is 19.7 Å². The van der Waals surface area contributed by atoms with E-state index < -0.39 is 0 Å². The molecule has 0 aromatic rings. The molecule has 2 aliphatic heterocycles. The molecule has 0 aromatic heterocycles. The second kappa shape index (κ2) is 11.2. The molecule has 0 saturated carbocycles. The SMILES string of the molecule is CN=C(NCC1CCCN1CCOC)N1CC(C)C(C(=O)OC)C1.I. The maximum Gasteiger partial charge on any atom is 0.310 e. The smallest absolute Gasteiger partial charge is 0.310 e. The molecular weight excluding hydrogens is 435 g/mol. The van der Waals surface area contributed by atoms with Gasteiger partial charge in [0.1, 0.15) is 0 Å². The van der Waals surface area contributed by atoms with E-state index in [0.717, 1.165) is 38.7 Å². The highest BCUT2D eigenvalue weighted by Gasteiger charge is 2.37. The van der Waals surface area contributed by atoms with Crippen molar-refractivity contribution in [2.45, 2.75) is 25.8 Å². The van der Waals surface area contributed by atoms with Gasteiger partial charge in [-0.1, -0.05) is 6.92 Å². The molecule has 146 valence electrons. The van der Waals surface area contributed by atoms with Gasteiger partial charge >= 0.3 is 5.97 Å². The normalized spacial score (nSPS) is 27.3. The summed E-state index contributed by atoms with van der Waals surface area (Å²) in [6.45, 7) is 7.37. The Morgan fingerprint density at radius 2 is 2.08 bits per heavy atom. The topological polar surface area (TPSA) is 66.4 Å². The van der Waals surface area contributed by atoms with E-state index in [1.165, 1.54) is 20.0 Å². The lowest BCUT2D eigenvalue weighted by atomic mass is 9.99. The van der Waals surface area contributed by atoms with Crippen molar-refractivity contribution in [1.29, 1.82) is 0 Å². The summed E-state index contributed by atoms with van der Waals surface area (Å²) in [6.07, 6.45) is 2.44. The first-order valence-corrected chi connectivity index (χ1v) is 8.87. The van der Waals surface area contributed by atoms with Crippen molar-refractivity contribution in [3.63, 3.8) is 0 Å². The first-order valence-electron chi connectivity index (χ1n) is 8.87. The Balaban J connectivity index is 0.00000312. The monoisotopic (exact) mass is 468 g/mol. The molecule has 7 nitrogen and oxygen atoms in total. The molecule has 0 bridgehead atoms. The average molecular weight is 468 g/mol. The summed E-state index contributed by atoms with van der Waals surface area (Å²) in [5.41, 5.74) is 0. The van der Waals surface area contributed by atoms with Crippen molar-refractivity contribution in [3.8, 4) is 0 Å². The number of carbonyl (C=O) groups is 1. The highest BCUT2D eigenvalue weighted by molar-refractivity contribution is 14.0. The standard InChI is InChI=1S/C17H32N4O3.HI/c1-13-11-21(12-15(13)16(22)24-4)17(18-2)19-10-14-6-5-7-20(14)8-9-23-3;/h13-15H,5-12H2,1-4H3,(H,18,19);1H. The van der Waals surface area contributed by atoms with Crippen LogP contribution in [-0.4, -0.2) is 88.4 Å². The number of methoxy groups -OCH3 is 2. The number of rotatable bonds is 6. The van der Waals surface area contributed by atoms with Gasteiger partial charge in [0.25, 0.3) is 0 Å². The molecule has 2 fully saturated rings. The molecule has 0 spiro atoms. The van der Waals surface area contributed by atoms with Gasteiger partial charge in [-0.25, -0.2) is 0 Å². The lowest BCUT2D eigenvalue weighted by molar-refractivity contribution is -0.145. The van der Waals surface area contributed by atoms with Crippen molar-refractivity contribution >= 4 is 35.9 Å². The number of nitrogens with zero attached hydrogens (tertiary/aromatic N) is 3. The van der Waals surface area contributed by atoms with E-state index in [0.29, 0.717) is 12.6 Å². The molecule has 8 heteroatoms. The maximum absolute atomic E-state index is 11.9. The molecule has 2 aliphatic rings. The molecule has 25 heavy (non-hydrogen) atoms. The van der Waals surface area contributed by atoms with Crippen molar-refractivity contribution < 1.29 is 14.3 Å². The molecule has 0 amide bonds. The first kappa shape index (κ1) is 22.4. The van der Waals surface area contributed by atoms with E-state index in [9.17, 15) is 4.79 Å². The van der Waals surface area contributed by atoms with Crippen LogP contribution in [0.3, 0.4) is 0 Å². The fourth-order valence-corrected chi connectivity index (χ4v) is 3.77. The number of hydrogen-bond acceptors (Lipinski definition) is 5. The number of guanidine groups is 1. The molecule has 0 radical (unpaired) electrons. The first-order chi connectivity index (χ1) is 11.6. The van der Waals surface area contributed by atoms with Gasteiger partial charge in [-0.05, 0) is 25.3 Å². The Kier molecular flexibility index (Phi) is 10.0. The van der Waals surface area contributed by atoms with Gasteiger partial charge in [-0.3, -0.25) is 14.7 Å². The van der Waals surface area contributed by atoms with E-state index in [1.807, 2.05) is 0 Å². The van der Waals surface area contributed by atoms with Gasteiger partial charge in [-0.15, -0.1) is 24.0 Å². The molecule has 2 heterocycles. The van der Waals surface area contributed by atoms with Gasteiger partial charge in [0.15, 0.2) is 5.96 Å². The summed E-state index contributed by atoms with van der Waals surface area (Å²) in [5.74, 6) is 0.966. The Morgan fingerprint density at radius 3 is 2.72 bits per heavy atom. The Morgan fingerprint density at radius 1 is 1.32 bits per heavy atom. The summed E-state index contributed by atoms with van der Waals surface area (Å²) in [5, 5.41) is 3.50.